The third kappa shape index (κ3) is 4.61. The summed E-state index contributed by atoms with van der Waals surface area (Å²) in [5.74, 6) is 1.64. The zero-order chi connectivity index (χ0) is 21.1. The van der Waals surface area contributed by atoms with Gasteiger partial charge in [0, 0.05) is 18.6 Å². The summed E-state index contributed by atoms with van der Waals surface area (Å²) in [6.07, 6.45) is 8.58. The molecule has 5 nitrogen and oxygen atoms in total. The lowest BCUT2D eigenvalue weighted by Gasteiger charge is -2.35. The van der Waals surface area contributed by atoms with Gasteiger partial charge in [0.1, 0.15) is 17.1 Å². The molecular weight excluding hydrogens is 364 g/mol. The molecule has 2 N–H and O–H groups in total. The highest BCUT2D eigenvalue weighted by atomic mass is 16.5. The van der Waals surface area contributed by atoms with Crippen LogP contribution in [-0.4, -0.2) is 28.5 Å². The number of aromatic nitrogens is 2. The molecule has 5 heteroatoms. The normalized spacial score (nSPS) is 14.8. The number of unbranched alkanes of at least 4 members (excludes halogenated alkanes) is 3. The van der Waals surface area contributed by atoms with Crippen molar-refractivity contribution in [3.05, 3.63) is 29.5 Å². The van der Waals surface area contributed by atoms with Crippen LogP contribution in [0.2, 0.25) is 0 Å². The SMILES string of the molecule is CCCCCCC(C)(C)c1cc(OCCCO)c2c(c1)OC(C)(C)c1cn[nH]c1-2. The van der Waals surface area contributed by atoms with E-state index in [0.29, 0.717) is 13.0 Å². The molecule has 29 heavy (non-hydrogen) atoms. The highest BCUT2D eigenvalue weighted by Crippen LogP contribution is 2.50. The van der Waals surface area contributed by atoms with Crippen molar-refractivity contribution in [3.8, 4) is 22.8 Å². The molecule has 0 saturated heterocycles. The predicted octanol–water partition coefficient (Wildman–Crippen LogP) is 5.71. The molecule has 3 rings (SSSR count). The first kappa shape index (κ1) is 21.7. The van der Waals surface area contributed by atoms with Crippen molar-refractivity contribution in [3.63, 3.8) is 0 Å². The number of fused-ring (bicyclic) bond motifs is 3. The van der Waals surface area contributed by atoms with Crippen LogP contribution < -0.4 is 9.47 Å². The zero-order valence-electron chi connectivity index (χ0n) is 18.6. The Morgan fingerprint density at radius 1 is 1.17 bits per heavy atom. The van der Waals surface area contributed by atoms with E-state index in [1.54, 1.807) is 0 Å². The fourth-order valence-corrected chi connectivity index (χ4v) is 4.07. The van der Waals surface area contributed by atoms with E-state index in [4.69, 9.17) is 9.47 Å². The number of aliphatic hydroxyl groups excluding tert-OH is 1. The minimum atomic E-state index is -0.457. The van der Waals surface area contributed by atoms with Crippen LogP contribution in [0.1, 0.15) is 84.3 Å². The van der Waals surface area contributed by atoms with Crippen molar-refractivity contribution in [1.29, 1.82) is 0 Å². The van der Waals surface area contributed by atoms with Gasteiger partial charge >= 0.3 is 0 Å². The summed E-state index contributed by atoms with van der Waals surface area (Å²) in [6, 6.07) is 4.34. The second-order valence-corrected chi connectivity index (χ2v) is 9.24. The molecule has 0 atom stereocenters. The second kappa shape index (κ2) is 8.78. The monoisotopic (exact) mass is 400 g/mol. The van der Waals surface area contributed by atoms with Crippen LogP contribution in [0.3, 0.4) is 0 Å². The third-order valence-electron chi connectivity index (χ3n) is 5.97. The highest BCUT2D eigenvalue weighted by Gasteiger charge is 2.37. The lowest BCUT2D eigenvalue weighted by atomic mass is 9.78. The molecule has 2 heterocycles. The third-order valence-corrected chi connectivity index (χ3v) is 5.97. The maximum atomic E-state index is 9.18. The summed E-state index contributed by atoms with van der Waals surface area (Å²) in [6.45, 7) is 11.6. The molecular formula is C24H36N2O3. The van der Waals surface area contributed by atoms with Gasteiger partial charge in [-0.25, -0.2) is 0 Å². The minimum absolute atomic E-state index is 0.0274. The van der Waals surface area contributed by atoms with Gasteiger partial charge in [-0.2, -0.15) is 5.10 Å². The number of benzene rings is 1. The van der Waals surface area contributed by atoms with Crippen molar-refractivity contribution in [2.75, 3.05) is 13.2 Å². The van der Waals surface area contributed by atoms with Gasteiger partial charge < -0.3 is 14.6 Å². The van der Waals surface area contributed by atoms with Crippen molar-refractivity contribution in [2.45, 2.75) is 84.2 Å². The molecule has 0 saturated carbocycles. The second-order valence-electron chi connectivity index (χ2n) is 9.24. The summed E-state index contributed by atoms with van der Waals surface area (Å²) < 4.78 is 12.6. The first-order valence-corrected chi connectivity index (χ1v) is 11.0. The summed E-state index contributed by atoms with van der Waals surface area (Å²) in [5.41, 5.74) is 3.72. The Kier molecular flexibility index (Phi) is 6.57. The maximum Gasteiger partial charge on any atom is 0.134 e. The number of nitrogens with zero attached hydrogens (tertiary/aromatic N) is 1. The van der Waals surface area contributed by atoms with E-state index >= 15 is 0 Å². The van der Waals surface area contributed by atoms with Crippen LogP contribution >= 0.6 is 0 Å². The number of rotatable bonds is 10. The van der Waals surface area contributed by atoms with Gasteiger partial charge in [-0.05, 0) is 43.4 Å². The smallest absolute Gasteiger partial charge is 0.134 e. The Hall–Kier alpha value is -2.01. The van der Waals surface area contributed by atoms with Gasteiger partial charge in [-0.1, -0.05) is 46.5 Å². The molecule has 1 aliphatic rings. The standard InChI is InChI=1S/C24H36N2O3/c1-6-7-8-9-11-23(2,3)17-14-19(28-13-10-12-27)21-20(15-17)29-24(4,5)18-16-25-26-22(18)21/h14-16,27H,6-13H2,1-5H3,(H,25,26). The van der Waals surface area contributed by atoms with Crippen LogP contribution in [0.15, 0.2) is 18.3 Å². The van der Waals surface area contributed by atoms with E-state index in [2.05, 4.69) is 56.9 Å². The molecule has 1 aromatic carbocycles. The Bertz CT molecular complexity index is 824. The van der Waals surface area contributed by atoms with E-state index in [1.165, 1.54) is 31.2 Å². The number of nitrogens with one attached hydrogen (secondary N) is 1. The number of hydrogen-bond donors (Lipinski definition) is 2. The van der Waals surface area contributed by atoms with Crippen LogP contribution in [0.25, 0.3) is 11.3 Å². The van der Waals surface area contributed by atoms with E-state index in [9.17, 15) is 5.11 Å². The van der Waals surface area contributed by atoms with E-state index in [0.717, 1.165) is 34.7 Å². The quantitative estimate of drug-likeness (QED) is 0.501. The van der Waals surface area contributed by atoms with Gasteiger partial charge in [0.15, 0.2) is 0 Å². The minimum Gasteiger partial charge on any atom is -0.493 e. The number of ether oxygens (including phenoxy) is 2. The molecule has 1 aliphatic heterocycles. The molecule has 160 valence electrons. The molecule has 0 unspecified atom stereocenters. The molecule has 0 aliphatic carbocycles. The Morgan fingerprint density at radius 3 is 2.69 bits per heavy atom. The Labute approximate surface area is 174 Å². The van der Waals surface area contributed by atoms with Crippen molar-refractivity contribution in [2.24, 2.45) is 0 Å². The topological polar surface area (TPSA) is 67.4 Å². The summed E-state index contributed by atoms with van der Waals surface area (Å²) in [7, 11) is 0. The van der Waals surface area contributed by atoms with Gasteiger partial charge in [0.25, 0.3) is 0 Å². The molecule has 0 spiro atoms. The van der Waals surface area contributed by atoms with Crippen molar-refractivity contribution < 1.29 is 14.6 Å². The molecule has 0 fully saturated rings. The van der Waals surface area contributed by atoms with Gasteiger partial charge in [-0.15, -0.1) is 0 Å². The average Bonchev–Trinajstić information content (AvgIpc) is 3.16. The number of hydrogen-bond acceptors (Lipinski definition) is 4. The van der Waals surface area contributed by atoms with Crippen LogP contribution in [0.5, 0.6) is 11.5 Å². The van der Waals surface area contributed by atoms with Gasteiger partial charge in [0.2, 0.25) is 0 Å². The Balaban J connectivity index is 2.00. The van der Waals surface area contributed by atoms with Gasteiger partial charge in [-0.3, -0.25) is 5.10 Å². The maximum absolute atomic E-state index is 9.18. The lowest BCUT2D eigenvalue weighted by Crippen LogP contribution is -2.29. The van der Waals surface area contributed by atoms with E-state index in [1.807, 2.05) is 6.20 Å². The number of aromatic amines is 1. The molecule has 1 aromatic heterocycles. The lowest BCUT2D eigenvalue weighted by molar-refractivity contribution is 0.105. The number of aliphatic hydroxyl groups is 1. The summed E-state index contributed by atoms with van der Waals surface area (Å²) >= 11 is 0. The van der Waals surface area contributed by atoms with Crippen LogP contribution in [-0.2, 0) is 11.0 Å². The highest BCUT2D eigenvalue weighted by molar-refractivity contribution is 5.79. The summed E-state index contributed by atoms with van der Waals surface area (Å²) in [5, 5.41) is 16.6. The first-order valence-electron chi connectivity index (χ1n) is 11.0. The fourth-order valence-electron chi connectivity index (χ4n) is 4.07. The fraction of sp³-hybridized carbons (Fsp3) is 0.625. The molecule has 0 radical (unpaired) electrons. The molecule has 0 bridgehead atoms. The Morgan fingerprint density at radius 2 is 1.97 bits per heavy atom. The summed E-state index contributed by atoms with van der Waals surface area (Å²) in [4.78, 5) is 0. The van der Waals surface area contributed by atoms with Crippen LogP contribution in [0, 0.1) is 0 Å². The molecule has 0 amide bonds. The number of H-pyrrole nitrogens is 1. The first-order chi connectivity index (χ1) is 13.8. The van der Waals surface area contributed by atoms with Gasteiger partial charge in [0.05, 0.1) is 24.1 Å². The van der Waals surface area contributed by atoms with E-state index in [-0.39, 0.29) is 12.0 Å². The van der Waals surface area contributed by atoms with E-state index < -0.39 is 5.60 Å². The van der Waals surface area contributed by atoms with Crippen LogP contribution in [0.4, 0.5) is 0 Å². The predicted molar refractivity (Wildman–Crippen MR) is 117 cm³/mol. The zero-order valence-corrected chi connectivity index (χ0v) is 18.6. The average molecular weight is 401 g/mol. The van der Waals surface area contributed by atoms with Crippen molar-refractivity contribution >= 4 is 0 Å². The largest absolute Gasteiger partial charge is 0.493 e. The molecule has 2 aromatic rings. The van der Waals surface area contributed by atoms with Crippen molar-refractivity contribution in [1.82, 2.24) is 10.2 Å².